The van der Waals surface area contributed by atoms with E-state index in [9.17, 15) is 0 Å². The van der Waals surface area contributed by atoms with E-state index in [1.165, 1.54) is 44.3 Å². The number of halogens is 1. The first-order valence-corrected chi connectivity index (χ1v) is 8.57. The predicted molar refractivity (Wildman–Crippen MR) is 96.8 cm³/mol. The molecule has 1 unspecified atom stereocenters. The van der Waals surface area contributed by atoms with Crippen molar-refractivity contribution in [2.45, 2.75) is 50.7 Å². The van der Waals surface area contributed by atoms with E-state index >= 15 is 0 Å². The van der Waals surface area contributed by atoms with Crippen LogP contribution >= 0.6 is 35.7 Å². The van der Waals surface area contributed by atoms with Crippen LogP contribution in [-0.2, 0) is 0 Å². The Bertz CT molecular complexity index is 263. The van der Waals surface area contributed by atoms with Crippen LogP contribution in [-0.4, -0.2) is 36.6 Å². The van der Waals surface area contributed by atoms with Crippen molar-refractivity contribution >= 4 is 41.7 Å². The van der Waals surface area contributed by atoms with E-state index in [1.54, 1.807) is 0 Å². The number of aliphatic imine (C=N–C) groups is 1. The van der Waals surface area contributed by atoms with Gasteiger partial charge >= 0.3 is 0 Å². The third kappa shape index (κ3) is 7.63. The van der Waals surface area contributed by atoms with Gasteiger partial charge in [-0.2, -0.15) is 11.8 Å². The SMILES string of the molecule is CCNC(=NCC1CCCS1)NCCCC1CC1.I. The normalized spacial score (nSPS) is 23.0. The van der Waals surface area contributed by atoms with Crippen molar-refractivity contribution in [1.82, 2.24) is 10.6 Å². The summed E-state index contributed by atoms with van der Waals surface area (Å²) in [6, 6.07) is 0. The van der Waals surface area contributed by atoms with Crippen molar-refractivity contribution in [3.05, 3.63) is 0 Å². The minimum atomic E-state index is 0. The summed E-state index contributed by atoms with van der Waals surface area (Å²) in [4.78, 5) is 4.70. The number of rotatable bonds is 7. The molecule has 0 radical (unpaired) electrons. The highest BCUT2D eigenvalue weighted by Crippen LogP contribution is 2.33. The average molecular weight is 397 g/mol. The monoisotopic (exact) mass is 397 g/mol. The third-order valence-electron chi connectivity index (χ3n) is 3.60. The van der Waals surface area contributed by atoms with E-state index in [2.05, 4.69) is 29.3 Å². The number of nitrogens with one attached hydrogen (secondary N) is 2. The van der Waals surface area contributed by atoms with E-state index < -0.39 is 0 Å². The van der Waals surface area contributed by atoms with Gasteiger partial charge in [0.25, 0.3) is 0 Å². The molecule has 3 nitrogen and oxygen atoms in total. The van der Waals surface area contributed by atoms with Crippen molar-refractivity contribution in [2.24, 2.45) is 10.9 Å². The average Bonchev–Trinajstić information content (AvgIpc) is 3.05. The van der Waals surface area contributed by atoms with E-state index in [1.807, 2.05) is 0 Å². The Balaban J connectivity index is 0.00000180. The van der Waals surface area contributed by atoms with Crippen LogP contribution in [0.5, 0.6) is 0 Å². The molecular formula is C14H28IN3S. The standard InChI is InChI=1S/C14H27N3S.HI/c1-2-15-14(16-9-3-5-12-7-8-12)17-11-13-6-4-10-18-13;/h12-13H,2-11H2,1H3,(H2,15,16,17);1H. The molecule has 1 heterocycles. The molecule has 1 aliphatic heterocycles. The maximum absolute atomic E-state index is 4.70. The van der Waals surface area contributed by atoms with Crippen LogP contribution in [0.25, 0.3) is 0 Å². The topological polar surface area (TPSA) is 36.4 Å². The van der Waals surface area contributed by atoms with Crippen LogP contribution in [0.2, 0.25) is 0 Å². The summed E-state index contributed by atoms with van der Waals surface area (Å²) in [5.41, 5.74) is 0. The minimum Gasteiger partial charge on any atom is -0.357 e. The molecule has 2 N–H and O–H groups in total. The molecule has 0 aromatic rings. The molecule has 0 spiro atoms. The van der Waals surface area contributed by atoms with Crippen LogP contribution in [0.1, 0.15) is 45.4 Å². The Labute approximate surface area is 139 Å². The number of thioether (sulfide) groups is 1. The Morgan fingerprint density at radius 1 is 1.26 bits per heavy atom. The third-order valence-corrected chi connectivity index (χ3v) is 4.98. The summed E-state index contributed by atoms with van der Waals surface area (Å²) in [6.45, 7) is 5.13. The van der Waals surface area contributed by atoms with Gasteiger partial charge in [-0.25, -0.2) is 0 Å². The quantitative estimate of drug-likeness (QED) is 0.300. The first kappa shape index (κ1) is 17.4. The molecule has 112 valence electrons. The van der Waals surface area contributed by atoms with Crippen LogP contribution < -0.4 is 10.6 Å². The molecule has 1 aliphatic carbocycles. The van der Waals surface area contributed by atoms with Gasteiger partial charge in [0.05, 0.1) is 6.54 Å². The largest absolute Gasteiger partial charge is 0.357 e. The van der Waals surface area contributed by atoms with Crippen molar-refractivity contribution < 1.29 is 0 Å². The summed E-state index contributed by atoms with van der Waals surface area (Å²) < 4.78 is 0. The smallest absolute Gasteiger partial charge is 0.191 e. The highest BCUT2D eigenvalue weighted by molar-refractivity contribution is 14.0. The van der Waals surface area contributed by atoms with Crippen LogP contribution in [0.15, 0.2) is 4.99 Å². The zero-order valence-electron chi connectivity index (χ0n) is 12.0. The van der Waals surface area contributed by atoms with E-state index in [4.69, 9.17) is 4.99 Å². The molecule has 0 bridgehead atoms. The molecule has 1 atom stereocenters. The van der Waals surface area contributed by atoms with Gasteiger partial charge in [-0.05, 0) is 44.3 Å². The highest BCUT2D eigenvalue weighted by Gasteiger charge is 2.20. The second-order valence-corrected chi connectivity index (χ2v) is 6.78. The second kappa shape index (κ2) is 10.1. The molecule has 2 fully saturated rings. The molecular weight excluding hydrogens is 369 g/mol. The first-order valence-electron chi connectivity index (χ1n) is 7.52. The van der Waals surface area contributed by atoms with E-state index in [0.29, 0.717) is 0 Å². The fourth-order valence-corrected chi connectivity index (χ4v) is 3.51. The Morgan fingerprint density at radius 2 is 2.11 bits per heavy atom. The Kier molecular flexibility index (Phi) is 9.28. The lowest BCUT2D eigenvalue weighted by atomic mass is 10.2. The van der Waals surface area contributed by atoms with Crippen molar-refractivity contribution in [1.29, 1.82) is 0 Å². The van der Waals surface area contributed by atoms with Gasteiger partial charge in [-0.15, -0.1) is 24.0 Å². The van der Waals surface area contributed by atoms with Gasteiger partial charge in [0.2, 0.25) is 0 Å². The number of hydrogen-bond acceptors (Lipinski definition) is 2. The summed E-state index contributed by atoms with van der Waals surface area (Å²) in [7, 11) is 0. The fraction of sp³-hybridized carbons (Fsp3) is 0.929. The maximum atomic E-state index is 4.70. The summed E-state index contributed by atoms with van der Waals surface area (Å²) in [5.74, 6) is 3.38. The summed E-state index contributed by atoms with van der Waals surface area (Å²) >= 11 is 2.08. The van der Waals surface area contributed by atoms with Crippen molar-refractivity contribution in [3.63, 3.8) is 0 Å². The lowest BCUT2D eigenvalue weighted by Gasteiger charge is -2.12. The van der Waals surface area contributed by atoms with Gasteiger partial charge in [-0.1, -0.05) is 12.8 Å². The van der Waals surface area contributed by atoms with Gasteiger partial charge in [0, 0.05) is 18.3 Å². The lowest BCUT2D eigenvalue weighted by Crippen LogP contribution is -2.38. The van der Waals surface area contributed by atoms with Gasteiger partial charge in [0.15, 0.2) is 5.96 Å². The number of nitrogens with zero attached hydrogens (tertiary/aromatic N) is 1. The minimum absolute atomic E-state index is 0. The number of hydrogen-bond donors (Lipinski definition) is 2. The molecule has 1 saturated heterocycles. The molecule has 0 amide bonds. The molecule has 19 heavy (non-hydrogen) atoms. The van der Waals surface area contributed by atoms with E-state index in [0.717, 1.165) is 36.8 Å². The van der Waals surface area contributed by atoms with E-state index in [-0.39, 0.29) is 24.0 Å². The maximum Gasteiger partial charge on any atom is 0.191 e. The molecule has 2 rings (SSSR count). The molecule has 0 aromatic carbocycles. The molecule has 5 heteroatoms. The van der Waals surface area contributed by atoms with Crippen molar-refractivity contribution in [3.8, 4) is 0 Å². The Hall–Kier alpha value is 0.350. The zero-order chi connectivity index (χ0) is 12.6. The van der Waals surface area contributed by atoms with Gasteiger partial charge in [-0.3, -0.25) is 4.99 Å². The van der Waals surface area contributed by atoms with Crippen LogP contribution in [0, 0.1) is 5.92 Å². The summed E-state index contributed by atoms with van der Waals surface area (Å²) in [6.07, 6.45) is 8.32. The zero-order valence-corrected chi connectivity index (χ0v) is 15.1. The molecule has 1 saturated carbocycles. The highest BCUT2D eigenvalue weighted by atomic mass is 127. The lowest BCUT2D eigenvalue weighted by molar-refractivity contribution is 0.644. The molecule has 2 aliphatic rings. The van der Waals surface area contributed by atoms with Gasteiger partial charge in [0.1, 0.15) is 0 Å². The number of guanidine groups is 1. The molecule has 0 aromatic heterocycles. The summed E-state index contributed by atoms with van der Waals surface area (Å²) in [5, 5.41) is 7.55. The van der Waals surface area contributed by atoms with Crippen LogP contribution in [0.4, 0.5) is 0 Å². The van der Waals surface area contributed by atoms with Crippen LogP contribution in [0.3, 0.4) is 0 Å². The fourth-order valence-electron chi connectivity index (χ4n) is 2.33. The second-order valence-electron chi connectivity index (χ2n) is 5.37. The van der Waals surface area contributed by atoms with Gasteiger partial charge < -0.3 is 10.6 Å². The van der Waals surface area contributed by atoms with Crippen molar-refractivity contribution in [2.75, 3.05) is 25.4 Å². The Morgan fingerprint density at radius 3 is 2.74 bits per heavy atom. The predicted octanol–water partition coefficient (Wildman–Crippen LogP) is 3.25. The first-order chi connectivity index (χ1) is 8.88.